The molecule has 0 unspecified atom stereocenters. The number of nitrogens with one attached hydrogen (secondary N) is 2. The molecule has 0 saturated carbocycles. The summed E-state index contributed by atoms with van der Waals surface area (Å²) in [5.41, 5.74) is -1.19. The Morgan fingerprint density at radius 1 is 0.862 bits per heavy atom. The Labute approximate surface area is 183 Å². The minimum absolute atomic E-state index is 0.165. The van der Waals surface area contributed by atoms with Gasteiger partial charge in [-0.25, -0.2) is 0 Å². The first-order valence-corrected chi connectivity index (χ1v) is 9.30. The lowest BCUT2D eigenvalue weighted by Gasteiger charge is -2.20. The average Bonchev–Trinajstić information content (AvgIpc) is 2.57. The summed E-state index contributed by atoms with van der Waals surface area (Å²) < 4.78 is -2.99. The number of nitrogens with zero attached hydrogens (tertiary/aromatic N) is 2. The van der Waals surface area contributed by atoms with Crippen LogP contribution in [0.1, 0.15) is 19.3 Å². The quantitative estimate of drug-likeness (QED) is 0.256. The van der Waals surface area contributed by atoms with Crippen molar-refractivity contribution in [3.63, 3.8) is 0 Å². The molecule has 0 aromatic heterocycles. The first-order valence-electron chi connectivity index (χ1n) is 7.78. The van der Waals surface area contributed by atoms with Crippen LogP contribution < -0.4 is 10.6 Å². The zero-order chi connectivity index (χ0) is 22.0. The van der Waals surface area contributed by atoms with Gasteiger partial charge in [-0.15, -0.1) is 0 Å². The summed E-state index contributed by atoms with van der Waals surface area (Å²) in [6, 6.07) is 0. The van der Waals surface area contributed by atoms with Gasteiger partial charge in [-0.1, -0.05) is 46.4 Å². The summed E-state index contributed by atoms with van der Waals surface area (Å²) in [5, 5.41) is 26.7. The van der Waals surface area contributed by atoms with Gasteiger partial charge in [-0.3, -0.25) is 29.8 Å². The number of allylic oxidation sites excluding steroid dienone is 6. The zero-order valence-electron chi connectivity index (χ0n) is 14.3. The number of amides is 2. The fraction of sp³-hybridized carbons (Fsp3) is 0.333. The fourth-order valence-electron chi connectivity index (χ4n) is 2.45. The van der Waals surface area contributed by atoms with E-state index in [4.69, 9.17) is 46.4 Å². The van der Waals surface area contributed by atoms with Gasteiger partial charge in [0, 0.05) is 0 Å². The number of nitro groups is 2. The maximum absolute atomic E-state index is 12.1. The molecule has 2 rings (SSSR count). The molecular weight excluding hydrogens is 474 g/mol. The van der Waals surface area contributed by atoms with Gasteiger partial charge in [0.2, 0.25) is 11.8 Å². The Morgan fingerprint density at radius 3 is 1.52 bits per heavy atom. The normalized spacial score (nSPS) is 19.7. The summed E-state index contributed by atoms with van der Waals surface area (Å²) >= 11 is 23.4. The molecule has 0 spiro atoms. The summed E-state index contributed by atoms with van der Waals surface area (Å²) in [5.74, 6) is -1.77. The van der Waals surface area contributed by atoms with Crippen molar-refractivity contribution in [1.82, 2.24) is 10.6 Å². The molecule has 0 aromatic rings. The van der Waals surface area contributed by atoms with E-state index in [-0.39, 0.29) is 24.2 Å². The molecule has 2 N–H and O–H groups in total. The largest absolute Gasteiger partial charge is 0.320 e. The third-order valence-corrected chi connectivity index (χ3v) is 4.76. The molecule has 2 aliphatic carbocycles. The smallest absolute Gasteiger partial charge is 0.272 e. The molecule has 0 heterocycles. The van der Waals surface area contributed by atoms with Crippen molar-refractivity contribution in [3.05, 3.63) is 67.3 Å². The second-order valence-corrected chi connectivity index (χ2v) is 9.14. The van der Waals surface area contributed by atoms with E-state index in [1.807, 2.05) is 0 Å². The Bertz CT molecular complexity index is 834. The Kier molecular flexibility index (Phi) is 6.94. The number of hydrogen-bond acceptors (Lipinski definition) is 6. The molecule has 0 aromatic carbocycles. The summed E-state index contributed by atoms with van der Waals surface area (Å²) in [6.07, 6.45) is 3.36. The van der Waals surface area contributed by atoms with Gasteiger partial charge in [0.05, 0.1) is 22.7 Å². The van der Waals surface area contributed by atoms with Crippen LogP contribution in [0.3, 0.4) is 0 Å². The molecule has 0 radical (unpaired) electrons. The van der Waals surface area contributed by atoms with Crippen LogP contribution >= 0.6 is 46.4 Å². The first kappa shape index (κ1) is 23.1. The van der Waals surface area contributed by atoms with Crippen LogP contribution in [0.15, 0.2) is 47.1 Å². The van der Waals surface area contributed by atoms with Crippen molar-refractivity contribution < 1.29 is 19.4 Å². The minimum atomic E-state index is -1.49. The van der Waals surface area contributed by atoms with E-state index in [9.17, 15) is 29.8 Å². The van der Waals surface area contributed by atoms with Crippen LogP contribution in [0, 0.1) is 20.2 Å². The number of alkyl halides is 4. The Hall–Kier alpha value is -2.14. The lowest BCUT2D eigenvalue weighted by atomic mass is 10.1. The fourth-order valence-corrected chi connectivity index (χ4v) is 3.20. The van der Waals surface area contributed by atoms with E-state index in [1.54, 1.807) is 0 Å². The van der Waals surface area contributed by atoms with Crippen molar-refractivity contribution in [2.45, 2.75) is 27.9 Å². The average molecular weight is 486 g/mol. The number of rotatable bonds is 6. The summed E-state index contributed by atoms with van der Waals surface area (Å²) in [6.45, 7) is 0. The summed E-state index contributed by atoms with van der Waals surface area (Å²) in [7, 11) is 0. The molecule has 29 heavy (non-hydrogen) atoms. The predicted octanol–water partition coefficient (Wildman–Crippen LogP) is 2.85. The monoisotopic (exact) mass is 484 g/mol. The van der Waals surface area contributed by atoms with Crippen molar-refractivity contribution in [3.8, 4) is 0 Å². The van der Waals surface area contributed by atoms with Crippen molar-refractivity contribution in [2.75, 3.05) is 0 Å². The molecule has 0 fully saturated rings. The van der Waals surface area contributed by atoms with E-state index < -0.39 is 48.1 Å². The second-order valence-electron chi connectivity index (χ2n) is 6.05. The van der Waals surface area contributed by atoms with Gasteiger partial charge < -0.3 is 10.6 Å². The van der Waals surface area contributed by atoms with Gasteiger partial charge in [-0.05, 0) is 24.3 Å². The van der Waals surface area contributed by atoms with Crippen LogP contribution in [-0.4, -0.2) is 30.3 Å². The van der Waals surface area contributed by atoms with E-state index in [0.29, 0.717) is 0 Å². The van der Waals surface area contributed by atoms with Crippen LogP contribution in [0.5, 0.6) is 0 Å². The van der Waals surface area contributed by atoms with Crippen molar-refractivity contribution in [2.24, 2.45) is 0 Å². The highest BCUT2D eigenvalue weighted by atomic mass is 35.5. The molecule has 0 bridgehead atoms. The highest BCUT2D eigenvalue weighted by Gasteiger charge is 2.36. The van der Waals surface area contributed by atoms with Gasteiger partial charge in [0.25, 0.3) is 11.4 Å². The van der Waals surface area contributed by atoms with Gasteiger partial charge in [0.1, 0.15) is 26.5 Å². The van der Waals surface area contributed by atoms with E-state index in [0.717, 1.165) is 12.2 Å². The van der Waals surface area contributed by atoms with Crippen LogP contribution in [-0.2, 0) is 9.59 Å². The summed E-state index contributed by atoms with van der Waals surface area (Å²) in [4.78, 5) is 44.9. The van der Waals surface area contributed by atoms with Crippen LogP contribution in [0.25, 0.3) is 0 Å². The third-order valence-electron chi connectivity index (χ3n) is 3.73. The van der Waals surface area contributed by atoms with E-state index in [2.05, 4.69) is 10.6 Å². The van der Waals surface area contributed by atoms with Crippen molar-refractivity contribution in [1.29, 1.82) is 0 Å². The van der Waals surface area contributed by atoms with Gasteiger partial charge in [-0.2, -0.15) is 0 Å². The Morgan fingerprint density at radius 2 is 1.21 bits per heavy atom. The molecule has 10 nitrogen and oxygen atoms in total. The number of hydrogen-bond donors (Lipinski definition) is 2. The number of carbonyl (C=O) groups is 2. The van der Waals surface area contributed by atoms with Gasteiger partial charge in [0.15, 0.2) is 0 Å². The molecule has 14 heteroatoms. The molecule has 0 saturated heterocycles. The molecule has 0 aliphatic heterocycles. The Balaban J connectivity index is 2.07. The highest BCUT2D eigenvalue weighted by molar-refractivity contribution is 6.50. The first-order chi connectivity index (χ1) is 13.3. The van der Waals surface area contributed by atoms with Crippen LogP contribution in [0.4, 0.5) is 0 Å². The maximum Gasteiger partial charge on any atom is 0.272 e. The molecule has 0 atom stereocenters. The lowest BCUT2D eigenvalue weighted by Crippen LogP contribution is -2.34. The van der Waals surface area contributed by atoms with Gasteiger partial charge >= 0.3 is 0 Å². The standard InChI is InChI=1S/C15H12Cl4N4O6/c16-14(17)3-1-8(10(6-14)22(26)27)20-12(24)5-13(25)21-9-2-4-15(18,19)7-11(9)23(28)29/h1-4H,5-7H2,(H,20,24)(H,21,25). The lowest BCUT2D eigenvalue weighted by molar-refractivity contribution is -0.429. The number of halogens is 4. The van der Waals surface area contributed by atoms with Crippen molar-refractivity contribution >= 4 is 58.2 Å². The zero-order valence-corrected chi connectivity index (χ0v) is 17.3. The highest BCUT2D eigenvalue weighted by Crippen LogP contribution is 2.36. The third kappa shape index (κ3) is 6.43. The molecule has 2 amide bonds. The second kappa shape index (κ2) is 8.70. The SMILES string of the molecule is O=C(CC(=O)NC1=C([N+](=O)[O-])CC(Cl)(Cl)C=C1)NC1=C([N+](=O)[O-])CC(Cl)(Cl)C=C1. The number of carbonyl (C=O) groups excluding carboxylic acids is 2. The van der Waals surface area contributed by atoms with E-state index >= 15 is 0 Å². The topological polar surface area (TPSA) is 144 Å². The molecule has 156 valence electrons. The predicted molar refractivity (Wildman–Crippen MR) is 105 cm³/mol. The minimum Gasteiger partial charge on any atom is -0.320 e. The maximum atomic E-state index is 12.1. The van der Waals surface area contributed by atoms with Crippen LogP contribution in [0.2, 0.25) is 0 Å². The molecule has 2 aliphatic rings. The van der Waals surface area contributed by atoms with E-state index in [1.165, 1.54) is 12.2 Å². The molecular formula is C15H12Cl4N4O6.